The van der Waals surface area contributed by atoms with E-state index in [1.54, 1.807) is 6.07 Å². The monoisotopic (exact) mass is 236 g/mol. The van der Waals surface area contributed by atoms with Gasteiger partial charge in [-0.15, -0.1) is 0 Å². The molecule has 0 heterocycles. The van der Waals surface area contributed by atoms with E-state index in [0.29, 0.717) is 30.7 Å². The maximum absolute atomic E-state index is 9.93. The van der Waals surface area contributed by atoms with Crippen LogP contribution >= 0.6 is 0 Å². The van der Waals surface area contributed by atoms with Crippen molar-refractivity contribution in [2.75, 3.05) is 13.1 Å². The second kappa shape index (κ2) is 6.62. The Hall–Kier alpha value is -1.06. The lowest BCUT2D eigenvalue weighted by atomic mass is 9.86. The van der Waals surface area contributed by atoms with Crippen LogP contribution in [0.4, 0.5) is 0 Å². The molecule has 0 saturated carbocycles. The van der Waals surface area contributed by atoms with Gasteiger partial charge in [0.15, 0.2) is 0 Å². The highest BCUT2D eigenvalue weighted by molar-refractivity contribution is 5.38. The summed E-state index contributed by atoms with van der Waals surface area (Å²) in [6.07, 6.45) is 1.94. The van der Waals surface area contributed by atoms with E-state index in [0.717, 1.165) is 18.4 Å². The Kier molecular flexibility index (Phi) is 5.45. The van der Waals surface area contributed by atoms with Gasteiger partial charge in [0, 0.05) is 0 Å². The van der Waals surface area contributed by atoms with E-state index < -0.39 is 0 Å². The van der Waals surface area contributed by atoms with Crippen molar-refractivity contribution < 1.29 is 5.11 Å². The molecule has 1 aromatic carbocycles. The van der Waals surface area contributed by atoms with Gasteiger partial charge in [-0.2, -0.15) is 0 Å². The van der Waals surface area contributed by atoms with Gasteiger partial charge in [-0.1, -0.05) is 24.6 Å². The predicted molar refractivity (Wildman–Crippen MR) is 72.1 cm³/mol. The van der Waals surface area contributed by atoms with E-state index >= 15 is 0 Å². The zero-order valence-corrected chi connectivity index (χ0v) is 10.8. The minimum atomic E-state index is 0.333. The standard InChI is InChI=1S/C14H24N2O/c1-3-12(7-11(8-15)9-16)13-6-10(2)4-5-14(13)17/h4-6,11-12,17H,3,7-9,15-16H2,1-2H3. The lowest BCUT2D eigenvalue weighted by Crippen LogP contribution is -2.25. The van der Waals surface area contributed by atoms with Gasteiger partial charge in [-0.05, 0) is 56.3 Å². The Bertz CT molecular complexity index is 348. The van der Waals surface area contributed by atoms with Crippen LogP contribution in [-0.2, 0) is 0 Å². The number of hydrogen-bond acceptors (Lipinski definition) is 3. The van der Waals surface area contributed by atoms with E-state index in [-0.39, 0.29) is 0 Å². The van der Waals surface area contributed by atoms with Crippen LogP contribution < -0.4 is 11.5 Å². The third-order valence-corrected chi connectivity index (χ3v) is 3.40. The summed E-state index contributed by atoms with van der Waals surface area (Å²) in [6.45, 7) is 5.40. The summed E-state index contributed by atoms with van der Waals surface area (Å²) >= 11 is 0. The molecule has 1 unspecified atom stereocenters. The maximum Gasteiger partial charge on any atom is 0.119 e. The SMILES string of the molecule is CCC(CC(CN)CN)c1cc(C)ccc1O. The molecule has 3 nitrogen and oxygen atoms in total. The van der Waals surface area contributed by atoms with Crippen LogP contribution in [0.1, 0.15) is 36.8 Å². The molecule has 1 rings (SSSR count). The molecule has 0 radical (unpaired) electrons. The van der Waals surface area contributed by atoms with Gasteiger partial charge in [0.05, 0.1) is 0 Å². The Morgan fingerprint density at radius 2 is 1.88 bits per heavy atom. The molecule has 0 fully saturated rings. The van der Waals surface area contributed by atoms with Crippen LogP contribution in [0.2, 0.25) is 0 Å². The number of aromatic hydroxyl groups is 1. The average molecular weight is 236 g/mol. The molecular weight excluding hydrogens is 212 g/mol. The van der Waals surface area contributed by atoms with Crippen molar-refractivity contribution in [3.8, 4) is 5.75 Å². The number of hydrogen-bond donors (Lipinski definition) is 3. The molecule has 0 amide bonds. The summed E-state index contributed by atoms with van der Waals surface area (Å²) in [4.78, 5) is 0. The molecule has 17 heavy (non-hydrogen) atoms. The number of phenols is 1. The van der Waals surface area contributed by atoms with E-state index in [4.69, 9.17) is 11.5 Å². The minimum absolute atomic E-state index is 0.333. The van der Waals surface area contributed by atoms with Crippen molar-refractivity contribution in [3.05, 3.63) is 29.3 Å². The Morgan fingerprint density at radius 1 is 1.24 bits per heavy atom. The van der Waals surface area contributed by atoms with Crippen molar-refractivity contribution in [2.24, 2.45) is 17.4 Å². The molecule has 1 atom stereocenters. The largest absolute Gasteiger partial charge is 0.508 e. The first-order valence-corrected chi connectivity index (χ1v) is 6.32. The summed E-state index contributed by atoms with van der Waals surface area (Å²) in [5.41, 5.74) is 13.6. The molecule has 96 valence electrons. The van der Waals surface area contributed by atoms with Gasteiger partial charge in [0.1, 0.15) is 5.75 Å². The lowest BCUT2D eigenvalue weighted by Gasteiger charge is -2.22. The minimum Gasteiger partial charge on any atom is -0.508 e. The zero-order valence-electron chi connectivity index (χ0n) is 10.8. The number of rotatable bonds is 6. The first-order chi connectivity index (χ1) is 8.12. The smallest absolute Gasteiger partial charge is 0.119 e. The highest BCUT2D eigenvalue weighted by atomic mass is 16.3. The van der Waals surface area contributed by atoms with Gasteiger partial charge in [0.25, 0.3) is 0 Å². The molecule has 5 N–H and O–H groups in total. The van der Waals surface area contributed by atoms with Crippen LogP contribution in [0.5, 0.6) is 5.75 Å². The van der Waals surface area contributed by atoms with Crippen molar-refractivity contribution in [2.45, 2.75) is 32.6 Å². The molecule has 3 heteroatoms. The molecular formula is C14H24N2O. The Morgan fingerprint density at radius 3 is 2.41 bits per heavy atom. The third-order valence-electron chi connectivity index (χ3n) is 3.40. The van der Waals surface area contributed by atoms with Crippen LogP contribution in [0.3, 0.4) is 0 Å². The van der Waals surface area contributed by atoms with Gasteiger partial charge in [-0.25, -0.2) is 0 Å². The van der Waals surface area contributed by atoms with E-state index in [9.17, 15) is 5.11 Å². The van der Waals surface area contributed by atoms with Crippen molar-refractivity contribution >= 4 is 0 Å². The van der Waals surface area contributed by atoms with Crippen molar-refractivity contribution in [1.29, 1.82) is 0 Å². The van der Waals surface area contributed by atoms with Gasteiger partial charge < -0.3 is 16.6 Å². The van der Waals surface area contributed by atoms with E-state index in [1.807, 2.05) is 13.0 Å². The first kappa shape index (κ1) is 14.0. The number of aryl methyl sites for hydroxylation is 1. The highest BCUT2D eigenvalue weighted by Crippen LogP contribution is 2.33. The molecule has 0 aliphatic heterocycles. The molecule has 1 aromatic rings. The molecule has 0 saturated heterocycles. The van der Waals surface area contributed by atoms with E-state index in [1.165, 1.54) is 5.56 Å². The topological polar surface area (TPSA) is 72.3 Å². The maximum atomic E-state index is 9.93. The third kappa shape index (κ3) is 3.72. The first-order valence-electron chi connectivity index (χ1n) is 6.32. The van der Waals surface area contributed by atoms with Crippen LogP contribution in [0.15, 0.2) is 18.2 Å². The highest BCUT2D eigenvalue weighted by Gasteiger charge is 2.17. The molecule has 0 spiro atoms. The summed E-state index contributed by atoms with van der Waals surface area (Å²) < 4.78 is 0. The molecule has 0 aliphatic rings. The zero-order chi connectivity index (χ0) is 12.8. The summed E-state index contributed by atoms with van der Waals surface area (Å²) in [6, 6.07) is 5.76. The van der Waals surface area contributed by atoms with E-state index in [2.05, 4.69) is 13.0 Å². The molecule has 0 aromatic heterocycles. The van der Waals surface area contributed by atoms with Crippen molar-refractivity contribution in [3.63, 3.8) is 0 Å². The van der Waals surface area contributed by atoms with Gasteiger partial charge in [0.2, 0.25) is 0 Å². The number of nitrogens with two attached hydrogens (primary N) is 2. The fourth-order valence-corrected chi connectivity index (χ4v) is 2.21. The fraction of sp³-hybridized carbons (Fsp3) is 0.571. The molecule has 0 bridgehead atoms. The second-order valence-corrected chi connectivity index (χ2v) is 4.74. The Labute approximate surface area is 104 Å². The van der Waals surface area contributed by atoms with Crippen LogP contribution in [0.25, 0.3) is 0 Å². The van der Waals surface area contributed by atoms with Gasteiger partial charge in [-0.3, -0.25) is 0 Å². The van der Waals surface area contributed by atoms with Crippen LogP contribution in [0, 0.1) is 12.8 Å². The second-order valence-electron chi connectivity index (χ2n) is 4.74. The lowest BCUT2D eigenvalue weighted by molar-refractivity contribution is 0.417. The van der Waals surface area contributed by atoms with Crippen molar-refractivity contribution in [1.82, 2.24) is 0 Å². The Balaban J connectivity index is 2.89. The van der Waals surface area contributed by atoms with Gasteiger partial charge >= 0.3 is 0 Å². The number of benzene rings is 1. The average Bonchev–Trinajstić information content (AvgIpc) is 2.34. The summed E-state index contributed by atoms with van der Waals surface area (Å²) in [5, 5.41) is 9.93. The van der Waals surface area contributed by atoms with Crippen LogP contribution in [-0.4, -0.2) is 18.2 Å². The summed E-state index contributed by atoms with van der Waals surface area (Å²) in [5.74, 6) is 1.06. The predicted octanol–water partition coefficient (Wildman–Crippen LogP) is 2.12. The normalized spacial score (nSPS) is 13.0. The quantitative estimate of drug-likeness (QED) is 0.708. The molecule has 0 aliphatic carbocycles. The number of phenolic OH excluding ortho intramolecular Hbond substituents is 1. The summed E-state index contributed by atoms with van der Waals surface area (Å²) in [7, 11) is 0. The fourth-order valence-electron chi connectivity index (χ4n) is 2.21.